The maximum atomic E-state index is 11.5. The molecule has 1 rings (SSSR count). The maximum Gasteiger partial charge on any atom is 0.249 e. The first-order valence-electron chi connectivity index (χ1n) is 6.45. The number of ether oxygens (including phenoxy) is 1. The number of nitrogens with zero attached hydrogens (tertiary/aromatic N) is 1. The molecule has 114 valence electrons. The van der Waals surface area contributed by atoms with E-state index in [0.29, 0.717) is 24.6 Å². The van der Waals surface area contributed by atoms with Crippen molar-refractivity contribution in [3.8, 4) is 0 Å². The average molecular weight is 312 g/mol. The van der Waals surface area contributed by atoms with E-state index < -0.39 is 5.91 Å². The van der Waals surface area contributed by atoms with Crippen molar-refractivity contribution in [1.82, 2.24) is 10.7 Å². The van der Waals surface area contributed by atoms with Crippen molar-refractivity contribution in [3.63, 3.8) is 0 Å². The monoisotopic (exact) mass is 311 g/mol. The van der Waals surface area contributed by atoms with Crippen LogP contribution in [0.25, 0.3) is 0 Å². The number of methoxy groups -OCH3 is 1. The molecule has 0 aliphatic heterocycles. The number of nitrogens with one attached hydrogen (secondary N) is 2. The van der Waals surface area contributed by atoms with E-state index in [1.165, 1.54) is 6.21 Å². The molecule has 0 bridgehead atoms. The molecule has 0 spiro atoms. The average Bonchev–Trinajstić information content (AvgIpc) is 2.46. The van der Waals surface area contributed by atoms with E-state index in [1.807, 2.05) is 0 Å². The summed E-state index contributed by atoms with van der Waals surface area (Å²) >= 11 is 5.75. The lowest BCUT2D eigenvalue weighted by Crippen LogP contribution is -2.30. The summed E-state index contributed by atoms with van der Waals surface area (Å²) in [5.41, 5.74) is 3.09. The van der Waals surface area contributed by atoms with Gasteiger partial charge < -0.3 is 10.1 Å². The molecular formula is C14H18ClN3O3. The van der Waals surface area contributed by atoms with Crippen LogP contribution in [-0.4, -0.2) is 38.3 Å². The second-order valence-electron chi connectivity index (χ2n) is 4.22. The Labute approximate surface area is 128 Å². The third-order valence-corrected chi connectivity index (χ3v) is 2.69. The van der Waals surface area contributed by atoms with E-state index >= 15 is 0 Å². The molecule has 0 aliphatic rings. The van der Waals surface area contributed by atoms with E-state index in [-0.39, 0.29) is 12.3 Å². The Morgan fingerprint density at radius 3 is 2.67 bits per heavy atom. The van der Waals surface area contributed by atoms with Crippen LogP contribution >= 0.6 is 11.6 Å². The summed E-state index contributed by atoms with van der Waals surface area (Å²) in [5, 5.41) is 7.01. The predicted octanol–water partition coefficient (Wildman–Crippen LogP) is 1.33. The summed E-state index contributed by atoms with van der Waals surface area (Å²) in [6, 6.07) is 6.97. The normalized spacial score (nSPS) is 10.6. The van der Waals surface area contributed by atoms with Crippen molar-refractivity contribution < 1.29 is 14.3 Å². The zero-order chi connectivity index (χ0) is 15.5. The highest BCUT2D eigenvalue weighted by Gasteiger charge is 2.07. The fraction of sp³-hybridized carbons (Fsp3) is 0.357. The molecule has 0 saturated heterocycles. The molecule has 7 heteroatoms. The second kappa shape index (κ2) is 9.90. The molecule has 0 aromatic heterocycles. The number of benzene rings is 1. The first-order valence-corrected chi connectivity index (χ1v) is 6.82. The van der Waals surface area contributed by atoms with Crippen molar-refractivity contribution in [2.24, 2.45) is 5.10 Å². The lowest BCUT2D eigenvalue weighted by Gasteiger charge is -2.03. The molecule has 0 heterocycles. The number of rotatable bonds is 8. The number of halogens is 1. The van der Waals surface area contributed by atoms with Crippen molar-refractivity contribution >= 4 is 29.6 Å². The molecule has 0 saturated carbocycles. The highest BCUT2D eigenvalue weighted by molar-refractivity contribution is 6.30. The summed E-state index contributed by atoms with van der Waals surface area (Å²) in [5.74, 6) is -0.810. The van der Waals surface area contributed by atoms with Crippen LogP contribution in [-0.2, 0) is 14.3 Å². The van der Waals surface area contributed by atoms with Crippen LogP contribution in [0.1, 0.15) is 18.4 Å². The molecule has 0 fully saturated rings. The molecule has 0 aliphatic carbocycles. The van der Waals surface area contributed by atoms with Crippen LogP contribution in [0.5, 0.6) is 0 Å². The Bertz CT molecular complexity index is 489. The van der Waals surface area contributed by atoms with Crippen molar-refractivity contribution in [1.29, 1.82) is 0 Å². The number of hydrazone groups is 1. The number of hydrogen-bond donors (Lipinski definition) is 2. The highest BCUT2D eigenvalue weighted by atomic mass is 35.5. The Kier molecular flexibility index (Phi) is 8.08. The van der Waals surface area contributed by atoms with Crippen molar-refractivity contribution in [2.75, 3.05) is 20.3 Å². The molecule has 2 amide bonds. The van der Waals surface area contributed by atoms with Gasteiger partial charge in [0.1, 0.15) is 6.42 Å². The summed E-state index contributed by atoms with van der Waals surface area (Å²) in [7, 11) is 1.59. The van der Waals surface area contributed by atoms with Gasteiger partial charge in [-0.15, -0.1) is 0 Å². The minimum Gasteiger partial charge on any atom is -0.385 e. The van der Waals surface area contributed by atoms with Gasteiger partial charge in [0.15, 0.2) is 0 Å². The molecule has 0 radical (unpaired) electrons. The van der Waals surface area contributed by atoms with Gasteiger partial charge in [0.25, 0.3) is 0 Å². The van der Waals surface area contributed by atoms with Gasteiger partial charge in [-0.3, -0.25) is 9.59 Å². The first-order chi connectivity index (χ1) is 10.1. The third-order valence-electron chi connectivity index (χ3n) is 2.44. The molecule has 0 unspecified atom stereocenters. The second-order valence-corrected chi connectivity index (χ2v) is 4.65. The van der Waals surface area contributed by atoms with Gasteiger partial charge in [0.2, 0.25) is 11.8 Å². The Balaban J connectivity index is 2.24. The SMILES string of the molecule is COCCCNC(=O)CC(=O)N/N=C\c1ccc(Cl)cc1. The van der Waals surface area contributed by atoms with Crippen LogP contribution in [0.4, 0.5) is 0 Å². The lowest BCUT2D eigenvalue weighted by molar-refractivity contribution is -0.129. The number of hydrogen-bond acceptors (Lipinski definition) is 4. The number of carbonyl (C=O) groups is 2. The van der Waals surface area contributed by atoms with Crippen LogP contribution in [0.3, 0.4) is 0 Å². The summed E-state index contributed by atoms with van der Waals surface area (Å²) in [4.78, 5) is 22.9. The van der Waals surface area contributed by atoms with Gasteiger partial charge in [-0.25, -0.2) is 5.43 Å². The van der Waals surface area contributed by atoms with Crippen LogP contribution in [0, 0.1) is 0 Å². The summed E-state index contributed by atoms with van der Waals surface area (Å²) < 4.78 is 4.85. The van der Waals surface area contributed by atoms with E-state index in [1.54, 1.807) is 31.4 Å². The fourth-order valence-corrected chi connectivity index (χ4v) is 1.55. The van der Waals surface area contributed by atoms with Crippen molar-refractivity contribution in [2.45, 2.75) is 12.8 Å². The largest absolute Gasteiger partial charge is 0.385 e. The Morgan fingerprint density at radius 1 is 1.29 bits per heavy atom. The van der Waals surface area contributed by atoms with Crippen LogP contribution < -0.4 is 10.7 Å². The molecule has 2 N–H and O–H groups in total. The summed E-state index contributed by atoms with van der Waals surface area (Å²) in [6.45, 7) is 1.05. The Hall–Kier alpha value is -1.92. The number of amides is 2. The quantitative estimate of drug-likeness (QED) is 0.329. The van der Waals surface area contributed by atoms with Crippen molar-refractivity contribution in [3.05, 3.63) is 34.9 Å². The summed E-state index contributed by atoms with van der Waals surface area (Å²) in [6.07, 6.45) is 1.92. The zero-order valence-corrected chi connectivity index (χ0v) is 12.5. The standard InChI is InChI=1S/C14H18ClN3O3/c1-21-8-2-7-16-13(19)9-14(20)18-17-10-11-3-5-12(15)6-4-11/h3-6,10H,2,7-9H2,1H3,(H,16,19)(H,18,20)/b17-10-. The molecular weight excluding hydrogens is 294 g/mol. The minimum absolute atomic E-state index is 0.259. The molecule has 1 aromatic rings. The molecule has 6 nitrogen and oxygen atoms in total. The lowest BCUT2D eigenvalue weighted by atomic mass is 10.2. The van der Waals surface area contributed by atoms with E-state index in [2.05, 4.69) is 15.8 Å². The molecule has 21 heavy (non-hydrogen) atoms. The van der Waals surface area contributed by atoms with Gasteiger partial charge in [0.05, 0.1) is 6.21 Å². The van der Waals surface area contributed by atoms with Gasteiger partial charge in [-0.1, -0.05) is 23.7 Å². The molecule has 0 atom stereocenters. The van der Waals surface area contributed by atoms with E-state index in [0.717, 1.165) is 5.56 Å². The van der Waals surface area contributed by atoms with Gasteiger partial charge in [-0.2, -0.15) is 5.10 Å². The topological polar surface area (TPSA) is 79.8 Å². The highest BCUT2D eigenvalue weighted by Crippen LogP contribution is 2.07. The van der Waals surface area contributed by atoms with Gasteiger partial charge in [0, 0.05) is 25.3 Å². The maximum absolute atomic E-state index is 11.5. The smallest absolute Gasteiger partial charge is 0.249 e. The third kappa shape index (κ3) is 8.06. The molecule has 1 aromatic carbocycles. The van der Waals surface area contributed by atoms with Crippen LogP contribution in [0.2, 0.25) is 5.02 Å². The van der Waals surface area contributed by atoms with Crippen LogP contribution in [0.15, 0.2) is 29.4 Å². The number of carbonyl (C=O) groups excluding carboxylic acids is 2. The minimum atomic E-state index is -0.468. The predicted molar refractivity (Wildman–Crippen MR) is 81.3 cm³/mol. The zero-order valence-electron chi connectivity index (χ0n) is 11.8. The Morgan fingerprint density at radius 2 is 2.00 bits per heavy atom. The first kappa shape index (κ1) is 17.1. The van der Waals surface area contributed by atoms with E-state index in [9.17, 15) is 9.59 Å². The fourth-order valence-electron chi connectivity index (χ4n) is 1.42. The van der Waals surface area contributed by atoms with Gasteiger partial charge >= 0.3 is 0 Å². The van der Waals surface area contributed by atoms with Gasteiger partial charge in [-0.05, 0) is 24.1 Å². The van der Waals surface area contributed by atoms with E-state index in [4.69, 9.17) is 16.3 Å².